The molecule has 2 aliphatic rings. The van der Waals surface area contributed by atoms with Gasteiger partial charge in [-0.25, -0.2) is 10.4 Å². The minimum atomic E-state index is -4.56. The Morgan fingerprint density at radius 3 is 2.88 bits per heavy atom. The van der Waals surface area contributed by atoms with E-state index in [2.05, 4.69) is 26.5 Å². The molecule has 1 aromatic rings. The first-order valence-electron chi connectivity index (χ1n) is 7.30. The summed E-state index contributed by atoms with van der Waals surface area (Å²) in [5, 5.41) is 5.07. The summed E-state index contributed by atoms with van der Waals surface area (Å²) >= 11 is 0.948. The van der Waals surface area contributed by atoms with E-state index < -0.39 is 23.8 Å². The fourth-order valence-corrected chi connectivity index (χ4v) is 3.13. The standard InChI is InChI=1S/C14H14F3N5O2S/c15-14(16,17)8-3-1-2-4-9(8)19-10(23)6-25-13-20-11-7(5-18-22-11)12(24)21-13/h1-4,7,11,18,22H,5-6H2,(H,19,23)(H,20,21,24). The third-order valence-corrected chi connectivity index (χ3v) is 4.51. The number of hydrogen-bond acceptors (Lipinski definition) is 6. The molecule has 1 aromatic carbocycles. The summed E-state index contributed by atoms with van der Waals surface area (Å²) in [6.07, 6.45) is -4.97. The normalized spacial score (nSPS) is 22.8. The lowest BCUT2D eigenvalue weighted by molar-refractivity contribution is -0.137. The molecule has 0 radical (unpaired) electrons. The molecule has 134 valence electrons. The van der Waals surface area contributed by atoms with E-state index in [1.807, 2.05) is 0 Å². The molecule has 0 bridgehead atoms. The van der Waals surface area contributed by atoms with Crippen molar-refractivity contribution in [3.63, 3.8) is 0 Å². The van der Waals surface area contributed by atoms with Crippen LogP contribution in [0.25, 0.3) is 0 Å². The monoisotopic (exact) mass is 373 g/mol. The van der Waals surface area contributed by atoms with Crippen LogP contribution in [0.3, 0.4) is 0 Å². The number of thioether (sulfide) groups is 1. The lowest BCUT2D eigenvalue weighted by Crippen LogP contribution is -2.46. The van der Waals surface area contributed by atoms with Gasteiger partial charge in [0.15, 0.2) is 5.17 Å². The van der Waals surface area contributed by atoms with Gasteiger partial charge in [-0.1, -0.05) is 23.9 Å². The van der Waals surface area contributed by atoms with Gasteiger partial charge in [0.2, 0.25) is 11.8 Å². The van der Waals surface area contributed by atoms with Crippen LogP contribution in [-0.4, -0.2) is 35.4 Å². The highest BCUT2D eigenvalue weighted by Crippen LogP contribution is 2.34. The third kappa shape index (κ3) is 4.11. The Hall–Kier alpha value is -2.11. The minimum absolute atomic E-state index is 0.184. The van der Waals surface area contributed by atoms with Gasteiger partial charge in [-0.15, -0.1) is 0 Å². The quantitative estimate of drug-likeness (QED) is 0.632. The predicted octanol–water partition coefficient (Wildman–Crippen LogP) is 0.913. The summed E-state index contributed by atoms with van der Waals surface area (Å²) in [6, 6.07) is 4.73. The molecular weight excluding hydrogens is 359 g/mol. The van der Waals surface area contributed by atoms with Crippen molar-refractivity contribution in [1.29, 1.82) is 0 Å². The van der Waals surface area contributed by atoms with Crippen molar-refractivity contribution in [2.24, 2.45) is 10.9 Å². The zero-order valence-electron chi connectivity index (χ0n) is 12.7. The molecular formula is C14H14F3N5O2S. The Morgan fingerprint density at radius 1 is 1.36 bits per heavy atom. The number of aliphatic imine (C=N–C) groups is 1. The number of nitrogens with zero attached hydrogens (tertiary/aromatic N) is 1. The van der Waals surface area contributed by atoms with Crippen LogP contribution < -0.4 is 21.5 Å². The fraction of sp³-hybridized carbons (Fsp3) is 0.357. The van der Waals surface area contributed by atoms with Gasteiger partial charge in [-0.3, -0.25) is 15.0 Å². The summed E-state index contributed by atoms with van der Waals surface area (Å²) in [5.74, 6) is -1.35. The van der Waals surface area contributed by atoms with Gasteiger partial charge >= 0.3 is 6.18 Å². The highest BCUT2D eigenvalue weighted by atomic mass is 32.2. The summed E-state index contributed by atoms with van der Waals surface area (Å²) in [4.78, 5) is 28.1. The number of amidine groups is 1. The zero-order chi connectivity index (χ0) is 18.0. The van der Waals surface area contributed by atoms with Gasteiger partial charge in [0.1, 0.15) is 6.17 Å². The fourth-order valence-electron chi connectivity index (χ4n) is 2.43. The molecule has 7 nitrogen and oxygen atoms in total. The van der Waals surface area contributed by atoms with Gasteiger partial charge in [0, 0.05) is 6.54 Å². The number of hydrogen-bond donors (Lipinski definition) is 4. The van der Waals surface area contributed by atoms with E-state index in [-0.39, 0.29) is 28.4 Å². The van der Waals surface area contributed by atoms with Crippen molar-refractivity contribution < 1.29 is 22.8 Å². The van der Waals surface area contributed by atoms with E-state index in [4.69, 9.17) is 0 Å². The van der Waals surface area contributed by atoms with E-state index in [1.54, 1.807) is 0 Å². The van der Waals surface area contributed by atoms with Crippen LogP contribution in [0.4, 0.5) is 18.9 Å². The van der Waals surface area contributed by atoms with E-state index in [9.17, 15) is 22.8 Å². The number of rotatable bonds is 3. The van der Waals surface area contributed by atoms with Crippen LogP contribution >= 0.6 is 11.8 Å². The number of fused-ring (bicyclic) bond motifs is 1. The molecule has 2 atom stereocenters. The molecule has 0 saturated carbocycles. The summed E-state index contributed by atoms with van der Waals surface area (Å²) < 4.78 is 38.7. The van der Waals surface area contributed by atoms with Crippen molar-refractivity contribution in [3.8, 4) is 0 Å². The third-order valence-electron chi connectivity index (χ3n) is 3.62. The molecule has 0 spiro atoms. The first kappa shape index (κ1) is 17.7. The van der Waals surface area contributed by atoms with Crippen LogP contribution in [0.15, 0.2) is 29.3 Å². The van der Waals surface area contributed by atoms with Crippen molar-refractivity contribution in [2.75, 3.05) is 17.6 Å². The number of para-hydroxylation sites is 1. The summed E-state index contributed by atoms with van der Waals surface area (Å²) in [6.45, 7) is 0.451. The van der Waals surface area contributed by atoms with Gasteiger partial charge < -0.3 is 10.6 Å². The Morgan fingerprint density at radius 2 is 2.12 bits per heavy atom. The number of carbonyl (C=O) groups is 2. The summed E-state index contributed by atoms with van der Waals surface area (Å²) in [5.41, 5.74) is 4.43. The van der Waals surface area contributed by atoms with Gasteiger partial charge in [0.05, 0.1) is 22.9 Å². The Balaban J connectivity index is 1.60. The van der Waals surface area contributed by atoms with Crippen LogP contribution in [0.5, 0.6) is 0 Å². The molecule has 25 heavy (non-hydrogen) atoms. The Bertz CT molecular complexity index is 725. The predicted molar refractivity (Wildman–Crippen MR) is 86.5 cm³/mol. The molecule has 4 N–H and O–H groups in total. The highest BCUT2D eigenvalue weighted by Gasteiger charge is 2.37. The number of halogens is 3. The number of alkyl halides is 3. The highest BCUT2D eigenvalue weighted by molar-refractivity contribution is 8.14. The SMILES string of the molecule is O=C(CSC1=NC2NNCC2C(=O)N1)Nc1ccccc1C(F)(F)F. The number of benzene rings is 1. The molecule has 11 heteroatoms. The van der Waals surface area contributed by atoms with Crippen LogP contribution in [0, 0.1) is 5.92 Å². The number of nitrogens with one attached hydrogen (secondary N) is 4. The van der Waals surface area contributed by atoms with Crippen molar-refractivity contribution in [3.05, 3.63) is 29.8 Å². The molecule has 0 aromatic heterocycles. The van der Waals surface area contributed by atoms with Gasteiger partial charge in [0.25, 0.3) is 0 Å². The molecule has 2 heterocycles. The van der Waals surface area contributed by atoms with E-state index in [1.165, 1.54) is 18.2 Å². The smallest absolute Gasteiger partial charge is 0.325 e. The van der Waals surface area contributed by atoms with Gasteiger partial charge in [-0.2, -0.15) is 13.2 Å². The first-order chi connectivity index (χ1) is 11.8. The minimum Gasteiger partial charge on any atom is -0.325 e. The topological polar surface area (TPSA) is 94.6 Å². The van der Waals surface area contributed by atoms with E-state index in [0.717, 1.165) is 17.8 Å². The second kappa shape index (κ2) is 7.02. The molecule has 0 aliphatic carbocycles. The molecule has 2 aliphatic heterocycles. The van der Waals surface area contributed by atoms with Crippen molar-refractivity contribution in [2.45, 2.75) is 12.3 Å². The molecule has 2 unspecified atom stereocenters. The van der Waals surface area contributed by atoms with Crippen LogP contribution in [0.1, 0.15) is 5.56 Å². The van der Waals surface area contributed by atoms with Crippen LogP contribution in [0.2, 0.25) is 0 Å². The molecule has 2 amide bonds. The maximum Gasteiger partial charge on any atom is 0.418 e. The maximum atomic E-state index is 12.9. The maximum absolute atomic E-state index is 12.9. The lowest BCUT2D eigenvalue weighted by Gasteiger charge is -2.22. The Labute approximate surface area is 144 Å². The Kier molecular flexibility index (Phi) is 4.97. The zero-order valence-corrected chi connectivity index (χ0v) is 13.5. The second-order valence-corrected chi connectivity index (χ2v) is 6.34. The second-order valence-electron chi connectivity index (χ2n) is 5.38. The summed E-state index contributed by atoms with van der Waals surface area (Å²) in [7, 11) is 0. The van der Waals surface area contributed by atoms with Crippen LogP contribution in [-0.2, 0) is 15.8 Å². The van der Waals surface area contributed by atoms with E-state index in [0.29, 0.717) is 6.54 Å². The van der Waals surface area contributed by atoms with Gasteiger partial charge in [-0.05, 0) is 12.1 Å². The number of anilines is 1. The number of carbonyl (C=O) groups excluding carboxylic acids is 2. The van der Waals surface area contributed by atoms with Crippen molar-refractivity contribution >= 4 is 34.4 Å². The van der Waals surface area contributed by atoms with Crippen molar-refractivity contribution in [1.82, 2.24) is 16.2 Å². The van der Waals surface area contributed by atoms with E-state index >= 15 is 0 Å². The number of amides is 2. The molecule has 1 saturated heterocycles. The molecule has 3 rings (SSSR count). The molecule has 1 fully saturated rings. The average Bonchev–Trinajstić information content (AvgIpc) is 3.01. The number of hydrazine groups is 1. The lowest BCUT2D eigenvalue weighted by atomic mass is 10.1. The average molecular weight is 373 g/mol. The largest absolute Gasteiger partial charge is 0.418 e. The first-order valence-corrected chi connectivity index (χ1v) is 8.29.